The van der Waals surface area contributed by atoms with E-state index in [1.54, 1.807) is 0 Å². The molecule has 0 saturated carbocycles. The summed E-state index contributed by atoms with van der Waals surface area (Å²) in [6.45, 7) is 12.3. The Morgan fingerprint density at radius 3 is 2.85 bits per heavy atom. The third-order valence-corrected chi connectivity index (χ3v) is 5.01. The Hall–Kier alpha value is -0.450. The molecule has 0 amide bonds. The van der Waals surface area contributed by atoms with Crippen LogP contribution >= 0.6 is 15.9 Å². The van der Waals surface area contributed by atoms with Gasteiger partial charge in [-0.25, -0.2) is 0 Å². The van der Waals surface area contributed by atoms with Crippen molar-refractivity contribution in [3.63, 3.8) is 0 Å². The summed E-state index contributed by atoms with van der Waals surface area (Å²) in [5, 5.41) is 3.72. The topological polar surface area (TPSA) is 28.2 Å². The Kier molecular flexibility index (Phi) is 5.21. The zero-order valence-corrected chi connectivity index (χ0v) is 14.6. The van der Waals surface area contributed by atoms with Crippen molar-refractivity contribution < 1.29 is 0 Å². The van der Waals surface area contributed by atoms with E-state index in [9.17, 15) is 0 Å². The number of halogens is 1. The molecule has 1 fully saturated rings. The number of rotatable bonds is 4. The maximum Gasteiger partial charge on any atom is 0.0545 e. The quantitative estimate of drug-likeness (QED) is 0.910. The summed E-state index contributed by atoms with van der Waals surface area (Å²) in [6, 6.07) is 4.77. The molecule has 112 valence electrons. The van der Waals surface area contributed by atoms with Crippen molar-refractivity contribution in [3.8, 4) is 0 Å². The Bertz CT molecular complexity index is 430. The molecular formula is C16H26BrN3. The predicted molar refractivity (Wildman–Crippen MR) is 87.7 cm³/mol. The van der Waals surface area contributed by atoms with E-state index in [2.05, 4.69) is 71.0 Å². The summed E-state index contributed by atoms with van der Waals surface area (Å²) < 4.78 is 1.04. The summed E-state index contributed by atoms with van der Waals surface area (Å²) >= 11 is 3.44. The first-order chi connectivity index (χ1) is 9.42. The standard InChI is InChI=1S/C16H26BrN3/c1-5-12(2)15-10-20(16(3,4)11-19-15)9-14-7-6-13(17)8-18-14/h6-8,12,15,19H,5,9-11H2,1-4H3. The Labute approximate surface area is 131 Å². The molecule has 2 heterocycles. The minimum absolute atomic E-state index is 0.179. The van der Waals surface area contributed by atoms with Crippen molar-refractivity contribution in [2.24, 2.45) is 5.92 Å². The van der Waals surface area contributed by atoms with Crippen molar-refractivity contribution in [2.45, 2.75) is 52.2 Å². The molecular weight excluding hydrogens is 314 g/mol. The Balaban J connectivity index is 2.07. The van der Waals surface area contributed by atoms with Gasteiger partial charge in [0, 0.05) is 41.9 Å². The summed E-state index contributed by atoms with van der Waals surface area (Å²) in [7, 11) is 0. The molecule has 2 unspecified atom stereocenters. The number of aromatic nitrogens is 1. The van der Waals surface area contributed by atoms with Crippen LogP contribution < -0.4 is 5.32 Å². The summed E-state index contributed by atoms with van der Waals surface area (Å²) in [5.74, 6) is 0.714. The molecule has 1 aromatic rings. The summed E-state index contributed by atoms with van der Waals surface area (Å²) in [5.41, 5.74) is 1.32. The highest BCUT2D eigenvalue weighted by molar-refractivity contribution is 9.10. The molecule has 0 aliphatic carbocycles. The lowest BCUT2D eigenvalue weighted by Gasteiger charge is -2.47. The van der Waals surface area contributed by atoms with Gasteiger partial charge in [-0.15, -0.1) is 0 Å². The maximum atomic E-state index is 4.52. The first kappa shape index (κ1) is 15.9. The first-order valence-corrected chi connectivity index (χ1v) is 8.30. The third-order valence-electron chi connectivity index (χ3n) is 4.54. The van der Waals surface area contributed by atoms with Gasteiger partial charge in [0.25, 0.3) is 0 Å². The SMILES string of the molecule is CCC(C)C1CN(Cc2ccc(Br)cn2)C(C)(C)CN1. The van der Waals surface area contributed by atoms with Crippen LogP contribution in [-0.2, 0) is 6.54 Å². The van der Waals surface area contributed by atoms with Crippen LogP contribution in [0.3, 0.4) is 0 Å². The lowest BCUT2D eigenvalue weighted by atomic mass is 9.90. The lowest BCUT2D eigenvalue weighted by molar-refractivity contribution is 0.0438. The van der Waals surface area contributed by atoms with E-state index in [1.165, 1.54) is 6.42 Å². The van der Waals surface area contributed by atoms with Gasteiger partial charge in [-0.05, 0) is 47.8 Å². The average molecular weight is 340 g/mol. The molecule has 2 atom stereocenters. The van der Waals surface area contributed by atoms with E-state index >= 15 is 0 Å². The molecule has 20 heavy (non-hydrogen) atoms. The van der Waals surface area contributed by atoms with Crippen LogP contribution in [0.2, 0.25) is 0 Å². The van der Waals surface area contributed by atoms with Gasteiger partial charge < -0.3 is 5.32 Å². The van der Waals surface area contributed by atoms with Gasteiger partial charge in [0.2, 0.25) is 0 Å². The molecule has 0 aromatic carbocycles. The van der Waals surface area contributed by atoms with Crippen LogP contribution in [0, 0.1) is 5.92 Å². The van der Waals surface area contributed by atoms with Crippen molar-refractivity contribution in [2.75, 3.05) is 13.1 Å². The second-order valence-electron chi connectivity index (χ2n) is 6.53. The number of pyridine rings is 1. The largest absolute Gasteiger partial charge is 0.311 e. The number of hydrogen-bond acceptors (Lipinski definition) is 3. The van der Waals surface area contributed by atoms with Crippen molar-refractivity contribution in [3.05, 3.63) is 28.5 Å². The van der Waals surface area contributed by atoms with Crippen LogP contribution in [0.1, 0.15) is 39.8 Å². The third kappa shape index (κ3) is 3.80. The van der Waals surface area contributed by atoms with Crippen LogP contribution in [-0.4, -0.2) is 34.6 Å². The van der Waals surface area contributed by atoms with E-state index in [0.717, 1.165) is 29.8 Å². The van der Waals surface area contributed by atoms with Gasteiger partial charge in [-0.1, -0.05) is 20.3 Å². The monoisotopic (exact) mass is 339 g/mol. The fraction of sp³-hybridized carbons (Fsp3) is 0.688. The van der Waals surface area contributed by atoms with E-state index in [4.69, 9.17) is 0 Å². The van der Waals surface area contributed by atoms with Gasteiger partial charge in [-0.2, -0.15) is 0 Å². The van der Waals surface area contributed by atoms with Crippen molar-refractivity contribution in [1.82, 2.24) is 15.2 Å². The van der Waals surface area contributed by atoms with Crippen LogP contribution in [0.25, 0.3) is 0 Å². The second kappa shape index (κ2) is 6.54. The highest BCUT2D eigenvalue weighted by atomic mass is 79.9. The van der Waals surface area contributed by atoms with Gasteiger partial charge in [-0.3, -0.25) is 9.88 Å². The van der Waals surface area contributed by atoms with Crippen LogP contribution in [0.5, 0.6) is 0 Å². The normalized spacial score (nSPS) is 24.6. The molecule has 3 nitrogen and oxygen atoms in total. The highest BCUT2D eigenvalue weighted by Gasteiger charge is 2.35. The minimum Gasteiger partial charge on any atom is -0.311 e. The van der Waals surface area contributed by atoms with Crippen molar-refractivity contribution >= 4 is 15.9 Å². The zero-order valence-electron chi connectivity index (χ0n) is 13.0. The molecule has 0 bridgehead atoms. The van der Waals surface area contributed by atoms with Gasteiger partial charge in [0.15, 0.2) is 0 Å². The molecule has 4 heteroatoms. The molecule has 2 rings (SSSR count). The number of hydrogen-bond donors (Lipinski definition) is 1. The minimum atomic E-state index is 0.179. The zero-order chi connectivity index (χ0) is 14.8. The fourth-order valence-corrected chi connectivity index (χ4v) is 2.92. The molecule has 1 aliphatic heterocycles. The average Bonchev–Trinajstić information content (AvgIpc) is 2.42. The highest BCUT2D eigenvalue weighted by Crippen LogP contribution is 2.24. The summed E-state index contributed by atoms with van der Waals surface area (Å²) in [4.78, 5) is 7.09. The Morgan fingerprint density at radius 2 is 2.25 bits per heavy atom. The predicted octanol–water partition coefficient (Wildman–Crippen LogP) is 3.44. The van der Waals surface area contributed by atoms with E-state index in [1.807, 2.05) is 6.20 Å². The molecule has 1 N–H and O–H groups in total. The molecule has 1 aromatic heterocycles. The van der Waals surface area contributed by atoms with Crippen LogP contribution in [0.4, 0.5) is 0 Å². The number of nitrogens with one attached hydrogen (secondary N) is 1. The van der Waals surface area contributed by atoms with Gasteiger partial charge in [0.05, 0.1) is 5.69 Å². The van der Waals surface area contributed by atoms with E-state index in [0.29, 0.717) is 12.0 Å². The molecule has 0 spiro atoms. The number of nitrogens with zero attached hydrogens (tertiary/aromatic N) is 2. The summed E-state index contributed by atoms with van der Waals surface area (Å²) in [6.07, 6.45) is 3.11. The van der Waals surface area contributed by atoms with E-state index in [-0.39, 0.29) is 5.54 Å². The van der Waals surface area contributed by atoms with Gasteiger partial charge in [0.1, 0.15) is 0 Å². The molecule has 0 radical (unpaired) electrons. The van der Waals surface area contributed by atoms with E-state index < -0.39 is 0 Å². The Morgan fingerprint density at radius 1 is 1.50 bits per heavy atom. The number of piperazine rings is 1. The van der Waals surface area contributed by atoms with Crippen molar-refractivity contribution in [1.29, 1.82) is 0 Å². The lowest BCUT2D eigenvalue weighted by Crippen LogP contribution is -2.62. The molecule has 1 saturated heterocycles. The molecule has 1 aliphatic rings. The smallest absolute Gasteiger partial charge is 0.0545 e. The van der Waals surface area contributed by atoms with Crippen LogP contribution in [0.15, 0.2) is 22.8 Å². The fourth-order valence-electron chi connectivity index (χ4n) is 2.68. The van der Waals surface area contributed by atoms with Gasteiger partial charge >= 0.3 is 0 Å². The second-order valence-corrected chi connectivity index (χ2v) is 7.45. The maximum absolute atomic E-state index is 4.52. The first-order valence-electron chi connectivity index (χ1n) is 7.51.